The molecule has 1 aliphatic heterocycles. The third-order valence-electron chi connectivity index (χ3n) is 5.27. The highest BCUT2D eigenvalue weighted by atomic mass is 79.9. The molecular weight excluding hydrogens is 490 g/mol. The molecule has 0 aliphatic carbocycles. The number of rotatable bonds is 5. The number of hydrogen-bond acceptors (Lipinski definition) is 5. The summed E-state index contributed by atoms with van der Waals surface area (Å²) in [5.74, 6) is 0.180. The zero-order chi connectivity index (χ0) is 22.8. The molecule has 32 heavy (non-hydrogen) atoms. The number of aryl methyl sites for hydroxylation is 2. The number of halogens is 1. The van der Waals surface area contributed by atoms with Crippen LogP contribution in [0.2, 0.25) is 0 Å². The highest BCUT2D eigenvalue weighted by Crippen LogP contribution is 2.36. The van der Waals surface area contributed by atoms with Crippen molar-refractivity contribution in [1.29, 1.82) is 0 Å². The van der Waals surface area contributed by atoms with Gasteiger partial charge in [-0.2, -0.15) is 0 Å². The second kappa shape index (κ2) is 9.26. The predicted octanol–water partition coefficient (Wildman–Crippen LogP) is 5.63. The third kappa shape index (κ3) is 4.76. The minimum Gasteiger partial charge on any atom is -0.497 e. The first-order chi connectivity index (χ1) is 15.3. The number of amides is 2. The zero-order valence-electron chi connectivity index (χ0n) is 17.9. The van der Waals surface area contributed by atoms with Crippen molar-refractivity contribution >= 4 is 61.9 Å². The highest BCUT2D eigenvalue weighted by molar-refractivity contribution is 9.11. The summed E-state index contributed by atoms with van der Waals surface area (Å²) in [6.07, 6.45) is 0.117. The van der Waals surface area contributed by atoms with E-state index in [2.05, 4.69) is 21.2 Å². The molecule has 1 aliphatic rings. The molecular formula is C24H22BrN3O3S. The number of fused-ring (bicyclic) bond motifs is 1. The van der Waals surface area contributed by atoms with Crippen LogP contribution in [-0.2, 0) is 9.59 Å². The molecule has 0 fully saturated rings. The van der Waals surface area contributed by atoms with E-state index in [-0.39, 0.29) is 24.8 Å². The van der Waals surface area contributed by atoms with E-state index in [0.29, 0.717) is 28.5 Å². The van der Waals surface area contributed by atoms with Crippen LogP contribution < -0.4 is 15.0 Å². The fraction of sp³-hybridized carbons (Fsp3) is 0.208. The van der Waals surface area contributed by atoms with Gasteiger partial charge < -0.3 is 15.0 Å². The number of nitrogens with one attached hydrogen (secondary N) is 1. The molecule has 0 bridgehead atoms. The van der Waals surface area contributed by atoms with Gasteiger partial charge in [0.1, 0.15) is 12.3 Å². The van der Waals surface area contributed by atoms with Crippen molar-refractivity contribution in [2.45, 2.75) is 20.3 Å². The second-order valence-electron chi connectivity index (χ2n) is 7.52. The summed E-state index contributed by atoms with van der Waals surface area (Å²) in [4.78, 5) is 33.4. The van der Waals surface area contributed by atoms with Crippen LogP contribution in [0.1, 0.15) is 22.4 Å². The van der Waals surface area contributed by atoms with Crippen molar-refractivity contribution < 1.29 is 14.3 Å². The zero-order valence-corrected chi connectivity index (χ0v) is 20.3. The Morgan fingerprint density at radius 1 is 1.19 bits per heavy atom. The van der Waals surface area contributed by atoms with Crippen molar-refractivity contribution in [1.82, 2.24) is 0 Å². The Hall–Kier alpha value is -2.97. The lowest BCUT2D eigenvalue weighted by atomic mass is 10.1. The van der Waals surface area contributed by atoms with Gasteiger partial charge in [-0.3, -0.25) is 9.59 Å². The average molecular weight is 512 g/mol. The fourth-order valence-electron chi connectivity index (χ4n) is 3.48. The Morgan fingerprint density at radius 2 is 1.97 bits per heavy atom. The van der Waals surface area contributed by atoms with Gasteiger partial charge in [-0.25, -0.2) is 4.99 Å². The molecule has 2 amide bonds. The van der Waals surface area contributed by atoms with Gasteiger partial charge >= 0.3 is 0 Å². The lowest BCUT2D eigenvalue weighted by Gasteiger charge is -2.23. The van der Waals surface area contributed by atoms with E-state index in [1.54, 1.807) is 31.4 Å². The number of thiophene rings is 1. The summed E-state index contributed by atoms with van der Waals surface area (Å²) < 4.78 is 6.19. The molecule has 0 radical (unpaired) electrons. The predicted molar refractivity (Wildman–Crippen MR) is 133 cm³/mol. The van der Waals surface area contributed by atoms with Crippen molar-refractivity contribution in [2.75, 3.05) is 23.9 Å². The minimum absolute atomic E-state index is 0.109. The van der Waals surface area contributed by atoms with Crippen LogP contribution in [0.15, 0.2) is 57.3 Å². The quantitative estimate of drug-likeness (QED) is 0.482. The molecule has 3 aromatic rings. The molecule has 2 aromatic carbocycles. The molecule has 0 saturated heterocycles. The lowest BCUT2D eigenvalue weighted by Crippen LogP contribution is -2.38. The van der Waals surface area contributed by atoms with E-state index in [9.17, 15) is 9.59 Å². The van der Waals surface area contributed by atoms with Crippen molar-refractivity contribution in [3.8, 4) is 5.75 Å². The normalized spacial score (nSPS) is 13.3. The van der Waals surface area contributed by atoms with Crippen LogP contribution in [0.5, 0.6) is 5.75 Å². The Kier molecular flexibility index (Phi) is 6.43. The monoisotopic (exact) mass is 511 g/mol. The van der Waals surface area contributed by atoms with E-state index in [4.69, 9.17) is 9.73 Å². The number of benzene rings is 2. The van der Waals surface area contributed by atoms with Crippen LogP contribution >= 0.6 is 27.3 Å². The summed E-state index contributed by atoms with van der Waals surface area (Å²) in [6, 6.07) is 14.9. The van der Waals surface area contributed by atoms with Gasteiger partial charge in [0.25, 0.3) is 0 Å². The summed E-state index contributed by atoms with van der Waals surface area (Å²) >= 11 is 5.01. The third-order valence-corrected chi connectivity index (χ3v) is 6.94. The molecule has 6 nitrogen and oxygen atoms in total. The average Bonchev–Trinajstić information content (AvgIpc) is 3.15. The maximum Gasteiger partial charge on any atom is 0.244 e. The molecule has 0 saturated carbocycles. The summed E-state index contributed by atoms with van der Waals surface area (Å²) in [6.45, 7) is 3.89. The largest absolute Gasteiger partial charge is 0.497 e. The van der Waals surface area contributed by atoms with Crippen LogP contribution in [-0.4, -0.2) is 31.2 Å². The van der Waals surface area contributed by atoms with Gasteiger partial charge in [0, 0.05) is 11.8 Å². The molecule has 164 valence electrons. The molecule has 4 rings (SSSR count). The first kappa shape index (κ1) is 22.2. The van der Waals surface area contributed by atoms with Gasteiger partial charge in [-0.1, -0.05) is 6.07 Å². The molecule has 2 heterocycles. The molecule has 0 unspecified atom stereocenters. The molecule has 1 N–H and O–H groups in total. The van der Waals surface area contributed by atoms with Crippen molar-refractivity contribution in [2.24, 2.45) is 4.99 Å². The van der Waals surface area contributed by atoms with E-state index in [1.807, 2.05) is 38.1 Å². The summed E-state index contributed by atoms with van der Waals surface area (Å²) in [5, 5.41) is 2.85. The molecule has 0 atom stereocenters. The van der Waals surface area contributed by atoms with Crippen molar-refractivity contribution in [3.63, 3.8) is 0 Å². The van der Waals surface area contributed by atoms with Crippen molar-refractivity contribution in [3.05, 3.63) is 68.3 Å². The first-order valence-corrected chi connectivity index (χ1v) is 11.6. The Labute approximate surface area is 199 Å². The number of ether oxygens (including phenoxy) is 1. The van der Waals surface area contributed by atoms with E-state index in [0.717, 1.165) is 19.8 Å². The van der Waals surface area contributed by atoms with Gasteiger partial charge in [0.05, 0.1) is 39.3 Å². The topological polar surface area (TPSA) is 71.0 Å². The maximum absolute atomic E-state index is 13.3. The van der Waals surface area contributed by atoms with E-state index < -0.39 is 0 Å². The Balaban J connectivity index is 1.65. The smallest absolute Gasteiger partial charge is 0.244 e. The molecule has 8 heteroatoms. The lowest BCUT2D eigenvalue weighted by molar-refractivity contribution is -0.120. The van der Waals surface area contributed by atoms with Gasteiger partial charge in [-0.05, 0) is 77.3 Å². The van der Waals surface area contributed by atoms with Crippen LogP contribution in [0, 0.1) is 13.8 Å². The second-order valence-corrected chi connectivity index (χ2v) is 9.99. The summed E-state index contributed by atoms with van der Waals surface area (Å²) in [7, 11) is 1.57. The number of hydrogen-bond donors (Lipinski definition) is 1. The van der Waals surface area contributed by atoms with Crippen LogP contribution in [0.25, 0.3) is 0 Å². The number of aliphatic imine (C=N–C) groups is 1. The first-order valence-electron chi connectivity index (χ1n) is 10.0. The van der Waals surface area contributed by atoms with Gasteiger partial charge in [0.2, 0.25) is 11.8 Å². The van der Waals surface area contributed by atoms with E-state index >= 15 is 0 Å². The van der Waals surface area contributed by atoms with Crippen LogP contribution in [0.3, 0.4) is 0 Å². The highest BCUT2D eigenvalue weighted by Gasteiger charge is 2.28. The van der Waals surface area contributed by atoms with E-state index in [1.165, 1.54) is 16.2 Å². The van der Waals surface area contributed by atoms with Crippen LogP contribution in [0.4, 0.5) is 17.1 Å². The standard InChI is InChI=1S/C24H22BrN3O3S/c1-14-9-18-20(10-15(14)2)28(13-23(29)26-16-5-4-6-17(11-16)31-3)24(30)12-19(27-18)21-7-8-22(25)32-21/h4-11H,12-13H2,1-3H3,(H,26,29). The SMILES string of the molecule is COc1cccc(NC(=O)CN2C(=O)CC(c3ccc(Br)s3)=Nc3cc(C)c(C)cc32)c1. The van der Waals surface area contributed by atoms with Gasteiger partial charge in [-0.15, -0.1) is 11.3 Å². The molecule has 1 aromatic heterocycles. The van der Waals surface area contributed by atoms with Gasteiger partial charge in [0.15, 0.2) is 0 Å². The minimum atomic E-state index is -0.293. The number of nitrogens with zero attached hydrogens (tertiary/aromatic N) is 2. The number of carbonyl (C=O) groups excluding carboxylic acids is 2. The Morgan fingerprint density at radius 3 is 2.69 bits per heavy atom. The number of carbonyl (C=O) groups is 2. The molecule has 0 spiro atoms. The summed E-state index contributed by atoms with van der Waals surface area (Å²) in [5.41, 5.74) is 4.75. The number of anilines is 2. The number of methoxy groups -OCH3 is 1. The Bertz CT molecular complexity index is 1230. The maximum atomic E-state index is 13.3. The fourth-order valence-corrected chi connectivity index (χ4v) is 4.85.